The van der Waals surface area contributed by atoms with Crippen LogP contribution in [0.3, 0.4) is 0 Å². The minimum Gasteiger partial charge on any atom is -0.458 e. The second-order valence-corrected chi connectivity index (χ2v) is 26.6. The van der Waals surface area contributed by atoms with Gasteiger partial charge in [0.2, 0.25) is 15.6 Å². The van der Waals surface area contributed by atoms with E-state index in [1.54, 1.807) is 133 Å². The number of hydroxylamine groups is 2. The maximum atomic E-state index is 16.1. The molecule has 0 bridgehead atoms. The van der Waals surface area contributed by atoms with E-state index < -0.39 is 136 Å². The summed E-state index contributed by atoms with van der Waals surface area (Å²) >= 11 is 18.0. The van der Waals surface area contributed by atoms with Crippen molar-refractivity contribution in [2.75, 3.05) is 26.7 Å². The van der Waals surface area contributed by atoms with Crippen LogP contribution < -0.4 is 21.5 Å². The van der Waals surface area contributed by atoms with Gasteiger partial charge in [0, 0.05) is 20.1 Å². The molecule has 9 amide bonds. The summed E-state index contributed by atoms with van der Waals surface area (Å²) in [7, 11) is 1.31. The van der Waals surface area contributed by atoms with Crippen LogP contribution in [0.5, 0.6) is 0 Å². The number of nitrogens with zero attached hydrogens (tertiary/aromatic N) is 5. The van der Waals surface area contributed by atoms with E-state index in [4.69, 9.17) is 68.1 Å². The molecule has 0 spiro atoms. The van der Waals surface area contributed by atoms with Crippen LogP contribution in [0.15, 0.2) is 91.0 Å². The Bertz CT molecular complexity index is 2970. The third-order valence-corrected chi connectivity index (χ3v) is 14.5. The largest absolute Gasteiger partial charge is 0.458 e. The number of hydrogen-bond acceptors (Lipinski definition) is 17. The summed E-state index contributed by atoms with van der Waals surface area (Å²) in [5.41, 5.74) is 4.35. The zero-order valence-corrected chi connectivity index (χ0v) is 55.5. The molecule has 26 nitrogen and oxygen atoms in total. The van der Waals surface area contributed by atoms with E-state index in [9.17, 15) is 38.4 Å². The number of alkyl carbamates (subject to hydrolysis) is 2. The molecule has 8 atom stereocenters. The van der Waals surface area contributed by atoms with Crippen molar-refractivity contribution in [1.82, 2.24) is 46.4 Å². The molecule has 0 unspecified atom stereocenters. The molecule has 0 radical (unpaired) electrons. The molecule has 0 saturated carbocycles. The number of nitrogens with one attached hydrogen (secondary N) is 4. The molecular weight excluding hydrogens is 1250 g/mol. The summed E-state index contributed by atoms with van der Waals surface area (Å²) in [5, 5.41) is 7.22. The molecule has 2 aliphatic heterocycles. The Morgan fingerprint density at radius 3 is 1.67 bits per heavy atom. The van der Waals surface area contributed by atoms with Crippen LogP contribution in [0, 0.1) is 5.92 Å². The quantitative estimate of drug-likeness (QED) is 0.0304. The summed E-state index contributed by atoms with van der Waals surface area (Å²) in [6.07, 6.45) is -7.05. The average molecular weight is 1330 g/mol. The molecule has 2 aliphatic rings. The zero-order valence-electron chi connectivity index (χ0n) is 53.2. The molecule has 5 rings (SSSR count). The number of likely N-dealkylation sites (N-methyl/N-ethyl adjacent to an activating group) is 1. The molecule has 0 aromatic heterocycles. The number of likely N-dealkylation sites (tertiary alicyclic amines) is 1. The summed E-state index contributed by atoms with van der Waals surface area (Å²) in [5.74, 6) is -6.73. The minimum absolute atomic E-state index is 0.0175. The van der Waals surface area contributed by atoms with Gasteiger partial charge in [-0.3, -0.25) is 34.2 Å². The summed E-state index contributed by atoms with van der Waals surface area (Å²) in [6.45, 7) is 15.3. The lowest BCUT2D eigenvalue weighted by atomic mass is 9.96. The van der Waals surface area contributed by atoms with E-state index in [0.29, 0.717) is 23.1 Å². The monoisotopic (exact) mass is 1330 g/mol. The van der Waals surface area contributed by atoms with E-state index in [2.05, 4.69) is 21.5 Å². The van der Waals surface area contributed by atoms with Crippen molar-refractivity contribution in [3.63, 3.8) is 0 Å². The number of hydrazine groups is 2. The van der Waals surface area contributed by atoms with Crippen molar-refractivity contribution in [2.24, 2.45) is 5.92 Å². The lowest BCUT2D eigenvalue weighted by molar-refractivity contribution is -0.219. The number of esters is 1. The number of rotatable bonds is 23. The second kappa shape index (κ2) is 33.6. The van der Waals surface area contributed by atoms with Gasteiger partial charge >= 0.3 is 30.3 Å². The molecule has 2 saturated heterocycles. The molecule has 3 aromatic carbocycles. The molecule has 29 heteroatoms. The Hall–Kier alpha value is -7.65. The van der Waals surface area contributed by atoms with Gasteiger partial charge in [-0.1, -0.05) is 140 Å². The smallest absolute Gasteiger partial charge is 0.429 e. The number of benzene rings is 3. The molecule has 4 N–H and O–H groups in total. The molecular formula is C62H84Cl3N9O17. The fourth-order valence-corrected chi connectivity index (χ4v) is 9.74. The van der Waals surface area contributed by atoms with Crippen molar-refractivity contribution in [3.8, 4) is 0 Å². The predicted molar refractivity (Wildman–Crippen MR) is 332 cm³/mol. The van der Waals surface area contributed by atoms with Gasteiger partial charge in [-0.2, -0.15) is 0 Å². The highest BCUT2D eigenvalue weighted by molar-refractivity contribution is 6.67. The SMILES string of the molecule is CC(C)[C@H](OC(=O)[C@H](NC(=O)OC(C)(C)C)[C@H](C)OCc1ccccc1)[C@H](NC(=O)OCC(Cl)(Cl)Cl)C(=O)N1[C@@H](C(=O)N(OCc2ccccc2)[C@@H](C)C(=O)N(C)[C@H](C)C(=O)N2CCC[C@H]2C(=O)NNC(=O)OC(C)(C)C)CCCN1C(=O)OCc1ccccc1. The fraction of sp³-hybridized carbons (Fsp3) is 0.548. The molecule has 2 heterocycles. The van der Waals surface area contributed by atoms with Crippen molar-refractivity contribution >= 4 is 94.7 Å². The average Bonchev–Trinajstić information content (AvgIpc) is 1.08. The molecule has 500 valence electrons. The summed E-state index contributed by atoms with van der Waals surface area (Å²) in [6, 6.07) is 16.4. The highest BCUT2D eigenvalue weighted by Crippen LogP contribution is 2.30. The number of ether oxygens (including phenoxy) is 6. The van der Waals surface area contributed by atoms with Gasteiger partial charge < -0.3 is 48.9 Å². The standard InChI is InChI=1S/C62H84Cl3N9O17/c1-38(2)49(89-55(80)47(66-57(82)90-60(6,7)8)41(5)85-34-42-24-16-13-17-25-42)48(67-56(81)87-37-62(63,64)65)54(79)73-46(31-23-33-72(73)59(84)86-35-43-26-18-14-19-27-43)53(78)74(88-36-44-28-20-15-21-29-44)40(4)51(76)70(12)39(3)52(77)71-32-22-30-45(71)50(75)68-69-58(83)91-61(9,10)11/h13-21,24-29,38-41,45-49H,22-23,30-37H2,1-12H3,(H,66,82)(H,67,81)(H,68,75)(H,69,83)/t39-,40+,41+,45+,46-,47-,48+,49+/m1/s1. The lowest BCUT2D eigenvalue weighted by Crippen LogP contribution is -2.68. The maximum Gasteiger partial charge on any atom is 0.429 e. The Morgan fingerprint density at radius 1 is 0.604 bits per heavy atom. The Balaban J connectivity index is 1.58. The van der Waals surface area contributed by atoms with Crippen LogP contribution in [0.2, 0.25) is 0 Å². The van der Waals surface area contributed by atoms with Gasteiger partial charge in [-0.25, -0.2) is 44.5 Å². The Kier molecular flexibility index (Phi) is 27.4. The maximum absolute atomic E-state index is 16.1. The number of alkyl halides is 3. The number of amides is 9. The van der Waals surface area contributed by atoms with E-state index >= 15 is 9.59 Å². The molecule has 0 aliphatic carbocycles. The first kappa shape index (κ1) is 74.1. The van der Waals surface area contributed by atoms with Gasteiger partial charge in [0.25, 0.3) is 17.7 Å². The van der Waals surface area contributed by atoms with Gasteiger partial charge in [-0.15, -0.1) is 0 Å². The second-order valence-electron chi connectivity index (χ2n) is 24.1. The number of halogens is 3. The van der Waals surface area contributed by atoms with Gasteiger partial charge in [0.1, 0.15) is 61.3 Å². The first-order valence-corrected chi connectivity index (χ1v) is 30.8. The third-order valence-electron chi connectivity index (χ3n) is 14.2. The van der Waals surface area contributed by atoms with E-state index in [-0.39, 0.29) is 52.2 Å². The van der Waals surface area contributed by atoms with Crippen LogP contribution >= 0.6 is 34.8 Å². The molecule has 2 fully saturated rings. The lowest BCUT2D eigenvalue weighted by Gasteiger charge is -2.46. The van der Waals surface area contributed by atoms with Gasteiger partial charge in [-0.05, 0) is 111 Å². The van der Waals surface area contributed by atoms with Crippen LogP contribution in [0.25, 0.3) is 0 Å². The van der Waals surface area contributed by atoms with Crippen LogP contribution in [0.4, 0.5) is 19.2 Å². The van der Waals surface area contributed by atoms with Crippen LogP contribution in [-0.2, 0) is 81.8 Å². The van der Waals surface area contributed by atoms with Crippen LogP contribution in [0.1, 0.15) is 119 Å². The molecule has 91 heavy (non-hydrogen) atoms. The normalized spacial score (nSPS) is 17.2. The van der Waals surface area contributed by atoms with E-state index in [1.165, 1.54) is 46.6 Å². The Labute approximate surface area is 545 Å². The van der Waals surface area contributed by atoms with Gasteiger partial charge in [0.05, 0.1) is 12.7 Å². The summed E-state index contributed by atoms with van der Waals surface area (Å²) < 4.78 is 31.9. The number of hydrogen-bond donors (Lipinski definition) is 4. The van der Waals surface area contributed by atoms with E-state index in [1.807, 2.05) is 0 Å². The highest BCUT2D eigenvalue weighted by Gasteiger charge is 2.50. The van der Waals surface area contributed by atoms with Crippen molar-refractivity contribution in [3.05, 3.63) is 108 Å². The molecule has 3 aromatic rings. The summed E-state index contributed by atoms with van der Waals surface area (Å²) in [4.78, 5) is 153. The topological polar surface area (TPSA) is 300 Å². The first-order chi connectivity index (χ1) is 42.7. The zero-order chi connectivity index (χ0) is 67.5. The number of carbonyl (C=O) groups is 10. The van der Waals surface area contributed by atoms with Crippen molar-refractivity contribution in [1.29, 1.82) is 0 Å². The fourth-order valence-electron chi connectivity index (χ4n) is 9.57. The third kappa shape index (κ3) is 22.9. The van der Waals surface area contributed by atoms with Gasteiger partial charge in [0.15, 0.2) is 12.1 Å². The van der Waals surface area contributed by atoms with Crippen molar-refractivity contribution in [2.45, 2.75) is 185 Å². The van der Waals surface area contributed by atoms with Crippen molar-refractivity contribution < 1.29 is 81.2 Å². The number of carbonyl (C=O) groups excluding carboxylic acids is 10. The predicted octanol–water partition coefficient (Wildman–Crippen LogP) is 7.81. The highest BCUT2D eigenvalue weighted by atomic mass is 35.6. The first-order valence-electron chi connectivity index (χ1n) is 29.7. The van der Waals surface area contributed by atoms with Crippen LogP contribution in [-0.4, -0.2) is 175 Å². The minimum atomic E-state index is -2.17. The Morgan fingerprint density at radius 2 is 1.12 bits per heavy atom. The van der Waals surface area contributed by atoms with E-state index in [0.717, 1.165) is 20.0 Å².